The molecule has 0 N–H and O–H groups in total. The number of fused-ring (bicyclic) bond motifs is 1. The third-order valence-electron chi connectivity index (χ3n) is 5.04. The first-order valence-corrected chi connectivity index (χ1v) is 9.98. The van der Waals surface area contributed by atoms with E-state index in [1.54, 1.807) is 59.2 Å². The molecule has 9 heteroatoms. The highest BCUT2D eigenvalue weighted by atomic mass is 16.7. The summed E-state index contributed by atoms with van der Waals surface area (Å²) in [5, 5.41) is 0. The van der Waals surface area contributed by atoms with Crippen molar-refractivity contribution >= 4 is 18.0 Å². The number of rotatable bonds is 4. The van der Waals surface area contributed by atoms with Gasteiger partial charge < -0.3 is 28.7 Å². The largest absolute Gasteiger partial charge is 0.513 e. The molecule has 0 spiro atoms. The third kappa shape index (κ3) is 4.55. The summed E-state index contributed by atoms with van der Waals surface area (Å²) in [4.78, 5) is 40.3. The average molecular weight is 426 g/mol. The Kier molecular flexibility index (Phi) is 5.92. The molecule has 0 aromatic heterocycles. The monoisotopic (exact) mass is 426 g/mol. The van der Waals surface area contributed by atoms with Gasteiger partial charge >= 0.3 is 6.16 Å². The van der Waals surface area contributed by atoms with Crippen LogP contribution < -0.4 is 14.2 Å². The van der Waals surface area contributed by atoms with Gasteiger partial charge in [-0.15, -0.1) is 0 Å². The van der Waals surface area contributed by atoms with Gasteiger partial charge in [0.2, 0.25) is 6.79 Å². The topological polar surface area (TPSA) is 94.6 Å². The molecule has 0 aliphatic carbocycles. The van der Waals surface area contributed by atoms with Crippen molar-refractivity contribution in [1.29, 1.82) is 0 Å². The lowest BCUT2D eigenvalue weighted by atomic mass is 10.1. The summed E-state index contributed by atoms with van der Waals surface area (Å²) in [6.45, 7) is 3.78. The van der Waals surface area contributed by atoms with E-state index in [4.69, 9.17) is 18.9 Å². The fourth-order valence-electron chi connectivity index (χ4n) is 3.42. The van der Waals surface area contributed by atoms with E-state index in [2.05, 4.69) is 0 Å². The van der Waals surface area contributed by atoms with Crippen molar-refractivity contribution in [2.75, 3.05) is 39.6 Å². The van der Waals surface area contributed by atoms with Crippen molar-refractivity contribution in [2.24, 2.45) is 0 Å². The highest BCUT2D eigenvalue weighted by Crippen LogP contribution is 2.32. The second-order valence-electron chi connectivity index (χ2n) is 6.96. The number of hydrogen-bond acceptors (Lipinski definition) is 7. The van der Waals surface area contributed by atoms with E-state index in [1.807, 2.05) is 0 Å². The number of ether oxygens (including phenoxy) is 4. The minimum atomic E-state index is -0.787. The Morgan fingerprint density at radius 1 is 0.839 bits per heavy atom. The van der Waals surface area contributed by atoms with Crippen LogP contribution in [0.25, 0.3) is 0 Å². The van der Waals surface area contributed by atoms with Crippen LogP contribution in [0.2, 0.25) is 0 Å². The van der Waals surface area contributed by atoms with Crippen LogP contribution in [0.15, 0.2) is 42.5 Å². The minimum absolute atomic E-state index is 0.106. The van der Waals surface area contributed by atoms with E-state index in [0.29, 0.717) is 54.6 Å². The summed E-state index contributed by atoms with van der Waals surface area (Å²) in [5.74, 6) is 1.25. The first-order chi connectivity index (χ1) is 15.0. The molecule has 0 bridgehead atoms. The van der Waals surface area contributed by atoms with Crippen LogP contribution in [-0.4, -0.2) is 67.3 Å². The quantitative estimate of drug-likeness (QED) is 0.548. The molecule has 2 aromatic rings. The maximum Gasteiger partial charge on any atom is 0.513 e. The second kappa shape index (κ2) is 8.95. The molecule has 4 rings (SSSR count). The number of nitrogens with zero attached hydrogens (tertiary/aromatic N) is 2. The van der Waals surface area contributed by atoms with Crippen molar-refractivity contribution in [2.45, 2.75) is 6.92 Å². The highest BCUT2D eigenvalue weighted by molar-refractivity contribution is 5.96. The molecule has 1 saturated heterocycles. The van der Waals surface area contributed by atoms with Crippen molar-refractivity contribution in [1.82, 2.24) is 9.80 Å². The molecule has 0 saturated carbocycles. The average Bonchev–Trinajstić information content (AvgIpc) is 3.27. The lowest BCUT2D eigenvalue weighted by molar-refractivity contribution is 0.0535. The third-order valence-corrected chi connectivity index (χ3v) is 5.04. The molecule has 0 radical (unpaired) electrons. The molecule has 2 aliphatic rings. The van der Waals surface area contributed by atoms with Gasteiger partial charge in [-0.05, 0) is 49.4 Å². The van der Waals surface area contributed by atoms with Gasteiger partial charge in [-0.3, -0.25) is 9.59 Å². The zero-order chi connectivity index (χ0) is 21.8. The van der Waals surface area contributed by atoms with Crippen LogP contribution in [0, 0.1) is 0 Å². The Labute approximate surface area is 179 Å². The summed E-state index contributed by atoms with van der Waals surface area (Å²) in [6, 6.07) is 11.4. The first-order valence-electron chi connectivity index (χ1n) is 9.98. The Morgan fingerprint density at radius 3 is 2.06 bits per heavy atom. The van der Waals surface area contributed by atoms with Crippen LogP contribution in [0.4, 0.5) is 4.79 Å². The summed E-state index contributed by atoms with van der Waals surface area (Å²) < 4.78 is 20.3. The van der Waals surface area contributed by atoms with Crippen molar-refractivity contribution < 1.29 is 33.3 Å². The van der Waals surface area contributed by atoms with E-state index in [-0.39, 0.29) is 25.2 Å². The number of amides is 2. The summed E-state index contributed by atoms with van der Waals surface area (Å²) in [7, 11) is 0. The lowest BCUT2D eigenvalue weighted by Crippen LogP contribution is -2.50. The fraction of sp³-hybridized carbons (Fsp3) is 0.318. The van der Waals surface area contributed by atoms with Gasteiger partial charge in [0, 0.05) is 37.3 Å². The SMILES string of the molecule is CCOC(=O)Oc1ccc(C(=O)N2CCN(C(=O)c3ccc4c(c3)OCO4)CC2)cc1. The molecule has 9 nitrogen and oxygen atoms in total. The molecule has 2 aliphatic heterocycles. The van der Waals surface area contributed by atoms with Gasteiger partial charge in [0.1, 0.15) is 5.75 Å². The van der Waals surface area contributed by atoms with Gasteiger partial charge in [0.05, 0.1) is 6.61 Å². The summed E-state index contributed by atoms with van der Waals surface area (Å²) >= 11 is 0. The summed E-state index contributed by atoms with van der Waals surface area (Å²) in [6.07, 6.45) is -0.787. The van der Waals surface area contributed by atoms with E-state index in [0.717, 1.165) is 0 Å². The zero-order valence-corrected chi connectivity index (χ0v) is 17.0. The lowest BCUT2D eigenvalue weighted by Gasteiger charge is -2.35. The van der Waals surface area contributed by atoms with Crippen molar-refractivity contribution in [3.8, 4) is 17.2 Å². The van der Waals surface area contributed by atoms with Gasteiger partial charge in [0.15, 0.2) is 11.5 Å². The number of carbonyl (C=O) groups is 3. The molecule has 31 heavy (non-hydrogen) atoms. The first kappa shape index (κ1) is 20.5. The van der Waals surface area contributed by atoms with Crippen LogP contribution in [-0.2, 0) is 4.74 Å². The Morgan fingerprint density at radius 2 is 1.42 bits per heavy atom. The van der Waals surface area contributed by atoms with Gasteiger partial charge in [-0.25, -0.2) is 4.79 Å². The van der Waals surface area contributed by atoms with Crippen LogP contribution in [0.5, 0.6) is 17.2 Å². The normalized spacial score (nSPS) is 14.9. The predicted octanol–water partition coefficient (Wildman–Crippen LogP) is 2.55. The Balaban J connectivity index is 1.32. The fourth-order valence-corrected chi connectivity index (χ4v) is 3.42. The maximum atomic E-state index is 12.8. The van der Waals surface area contributed by atoms with Gasteiger partial charge in [-0.1, -0.05) is 0 Å². The van der Waals surface area contributed by atoms with Gasteiger partial charge in [-0.2, -0.15) is 0 Å². The van der Waals surface area contributed by atoms with Crippen LogP contribution >= 0.6 is 0 Å². The molecule has 162 valence electrons. The Hall–Kier alpha value is -3.75. The molecule has 2 heterocycles. The molecule has 0 atom stereocenters. The van der Waals surface area contributed by atoms with E-state index in [1.165, 1.54) is 0 Å². The van der Waals surface area contributed by atoms with Crippen LogP contribution in [0.3, 0.4) is 0 Å². The van der Waals surface area contributed by atoms with E-state index < -0.39 is 6.16 Å². The Bertz CT molecular complexity index is 982. The van der Waals surface area contributed by atoms with E-state index >= 15 is 0 Å². The maximum absolute atomic E-state index is 12.8. The second-order valence-corrected chi connectivity index (χ2v) is 6.96. The standard InChI is InChI=1S/C22H22N2O7/c1-2-28-22(27)31-17-6-3-15(4-7-17)20(25)23-9-11-24(12-10-23)21(26)16-5-8-18-19(13-16)30-14-29-18/h3-8,13H,2,9-12,14H2,1H3. The zero-order valence-electron chi connectivity index (χ0n) is 17.0. The van der Waals surface area contributed by atoms with Gasteiger partial charge in [0.25, 0.3) is 11.8 Å². The molecule has 2 aromatic carbocycles. The molecule has 0 unspecified atom stereocenters. The van der Waals surface area contributed by atoms with Crippen molar-refractivity contribution in [3.05, 3.63) is 53.6 Å². The number of hydrogen-bond donors (Lipinski definition) is 0. The van der Waals surface area contributed by atoms with Crippen molar-refractivity contribution in [3.63, 3.8) is 0 Å². The highest BCUT2D eigenvalue weighted by Gasteiger charge is 2.26. The van der Waals surface area contributed by atoms with E-state index in [9.17, 15) is 14.4 Å². The number of benzene rings is 2. The number of carbonyl (C=O) groups excluding carboxylic acids is 3. The van der Waals surface area contributed by atoms with Crippen LogP contribution in [0.1, 0.15) is 27.6 Å². The number of piperazine rings is 1. The molecule has 1 fully saturated rings. The molecular weight excluding hydrogens is 404 g/mol. The minimum Gasteiger partial charge on any atom is -0.454 e. The smallest absolute Gasteiger partial charge is 0.454 e. The summed E-state index contributed by atoms with van der Waals surface area (Å²) in [5.41, 5.74) is 1.01. The molecule has 2 amide bonds. The predicted molar refractivity (Wildman–Crippen MR) is 108 cm³/mol. The molecular formula is C22H22N2O7.